The Morgan fingerprint density at radius 3 is 2.63 bits per heavy atom. The molecule has 0 radical (unpaired) electrons. The molecule has 3 aromatic rings. The van der Waals surface area contributed by atoms with Crippen LogP contribution in [0.4, 0.5) is 0 Å². The maximum Gasteiger partial charge on any atom is 0.129 e. The summed E-state index contributed by atoms with van der Waals surface area (Å²) < 4.78 is 0. The molecule has 3 nitrogen and oxygen atoms in total. The van der Waals surface area contributed by atoms with Gasteiger partial charge >= 0.3 is 0 Å². The van der Waals surface area contributed by atoms with Gasteiger partial charge in [-0.25, -0.2) is 4.98 Å². The lowest BCUT2D eigenvalue weighted by molar-refractivity contribution is 0.220. The van der Waals surface area contributed by atoms with Gasteiger partial charge in [0.05, 0.1) is 5.52 Å². The largest absolute Gasteiger partial charge is 0.384 e. The number of rotatable bonds is 2. The van der Waals surface area contributed by atoms with Crippen LogP contribution in [0.15, 0.2) is 54.9 Å². The standard InChI is InChI=1S/C15H11ClN2O/c16-14-6-4-12(9-18-14)15(19)11-3-5-13-10(8-11)2-1-7-17-13/h1-9,15,19H. The second-order valence-electron chi connectivity index (χ2n) is 4.27. The van der Waals surface area contributed by atoms with Crippen molar-refractivity contribution in [3.8, 4) is 0 Å². The highest BCUT2D eigenvalue weighted by atomic mass is 35.5. The molecule has 0 fully saturated rings. The number of halogens is 1. The van der Waals surface area contributed by atoms with Crippen LogP contribution in [-0.2, 0) is 0 Å². The first-order valence-corrected chi connectivity index (χ1v) is 6.26. The SMILES string of the molecule is OC(c1ccc(Cl)nc1)c1ccc2ncccc2c1. The molecule has 0 aliphatic heterocycles. The fraction of sp³-hybridized carbons (Fsp3) is 0.0667. The van der Waals surface area contributed by atoms with Gasteiger partial charge in [0.2, 0.25) is 0 Å². The van der Waals surface area contributed by atoms with E-state index in [2.05, 4.69) is 9.97 Å². The quantitative estimate of drug-likeness (QED) is 0.726. The highest BCUT2D eigenvalue weighted by Gasteiger charge is 2.11. The van der Waals surface area contributed by atoms with E-state index >= 15 is 0 Å². The number of fused-ring (bicyclic) bond motifs is 1. The van der Waals surface area contributed by atoms with Crippen LogP contribution < -0.4 is 0 Å². The molecule has 1 N–H and O–H groups in total. The average molecular weight is 271 g/mol. The van der Waals surface area contributed by atoms with Crippen molar-refractivity contribution < 1.29 is 5.11 Å². The van der Waals surface area contributed by atoms with Crippen LogP contribution in [0.1, 0.15) is 17.2 Å². The van der Waals surface area contributed by atoms with Crippen molar-refractivity contribution in [3.05, 3.63) is 71.1 Å². The first kappa shape index (κ1) is 12.1. The van der Waals surface area contributed by atoms with Crippen molar-refractivity contribution >= 4 is 22.5 Å². The molecule has 1 aromatic carbocycles. The van der Waals surface area contributed by atoms with Crippen LogP contribution in [0, 0.1) is 0 Å². The lowest BCUT2D eigenvalue weighted by Gasteiger charge is -2.11. The van der Waals surface area contributed by atoms with Crippen molar-refractivity contribution in [2.24, 2.45) is 0 Å². The summed E-state index contributed by atoms with van der Waals surface area (Å²) in [7, 11) is 0. The molecule has 94 valence electrons. The van der Waals surface area contributed by atoms with Crippen LogP contribution in [0.5, 0.6) is 0 Å². The summed E-state index contributed by atoms with van der Waals surface area (Å²) in [6, 6.07) is 13.0. The first-order chi connectivity index (χ1) is 9.24. The van der Waals surface area contributed by atoms with Gasteiger partial charge in [-0.15, -0.1) is 0 Å². The predicted molar refractivity (Wildman–Crippen MR) is 75.1 cm³/mol. The summed E-state index contributed by atoms with van der Waals surface area (Å²) in [5, 5.41) is 11.8. The molecular weight excluding hydrogens is 260 g/mol. The zero-order chi connectivity index (χ0) is 13.2. The van der Waals surface area contributed by atoms with Crippen LogP contribution >= 0.6 is 11.6 Å². The summed E-state index contributed by atoms with van der Waals surface area (Å²) in [4.78, 5) is 8.24. The molecule has 0 saturated heterocycles. The van der Waals surface area contributed by atoms with Gasteiger partial charge in [0, 0.05) is 23.3 Å². The Labute approximate surface area is 115 Å². The molecule has 0 amide bonds. The van der Waals surface area contributed by atoms with Crippen molar-refractivity contribution in [1.82, 2.24) is 9.97 Å². The zero-order valence-electron chi connectivity index (χ0n) is 9.99. The molecule has 0 aliphatic carbocycles. The summed E-state index contributed by atoms with van der Waals surface area (Å²) in [5.41, 5.74) is 2.44. The van der Waals surface area contributed by atoms with E-state index in [1.54, 1.807) is 24.5 Å². The lowest BCUT2D eigenvalue weighted by Crippen LogP contribution is -2.00. The van der Waals surface area contributed by atoms with Crippen molar-refractivity contribution in [2.45, 2.75) is 6.10 Å². The summed E-state index contributed by atoms with van der Waals surface area (Å²) in [6.45, 7) is 0. The van der Waals surface area contributed by atoms with Crippen LogP contribution in [0.25, 0.3) is 10.9 Å². The zero-order valence-corrected chi connectivity index (χ0v) is 10.7. The van der Waals surface area contributed by atoms with Gasteiger partial charge in [0.1, 0.15) is 11.3 Å². The topological polar surface area (TPSA) is 46.0 Å². The maximum absolute atomic E-state index is 10.3. The average Bonchev–Trinajstić information content (AvgIpc) is 2.47. The Morgan fingerprint density at radius 1 is 1.00 bits per heavy atom. The van der Waals surface area contributed by atoms with Crippen molar-refractivity contribution in [1.29, 1.82) is 0 Å². The number of aliphatic hydroxyl groups excluding tert-OH is 1. The van der Waals surface area contributed by atoms with E-state index in [-0.39, 0.29) is 0 Å². The Morgan fingerprint density at radius 2 is 1.84 bits per heavy atom. The minimum absolute atomic E-state index is 0.415. The normalized spacial score (nSPS) is 12.5. The van der Waals surface area contributed by atoms with E-state index in [1.807, 2.05) is 30.3 Å². The Bertz CT molecular complexity index is 713. The molecule has 0 bridgehead atoms. The summed E-state index contributed by atoms with van der Waals surface area (Å²) >= 11 is 5.74. The summed E-state index contributed by atoms with van der Waals surface area (Å²) in [6.07, 6.45) is 2.62. The minimum Gasteiger partial charge on any atom is -0.384 e. The van der Waals surface area contributed by atoms with Gasteiger partial charge in [-0.1, -0.05) is 29.8 Å². The molecular formula is C15H11ClN2O. The number of aromatic nitrogens is 2. The lowest BCUT2D eigenvalue weighted by atomic mass is 10.0. The van der Waals surface area contributed by atoms with Gasteiger partial charge in [-0.2, -0.15) is 0 Å². The van der Waals surface area contributed by atoms with Crippen LogP contribution in [0.2, 0.25) is 5.15 Å². The monoisotopic (exact) mass is 270 g/mol. The highest BCUT2D eigenvalue weighted by molar-refractivity contribution is 6.29. The van der Waals surface area contributed by atoms with E-state index in [4.69, 9.17) is 11.6 Å². The maximum atomic E-state index is 10.3. The number of nitrogens with zero attached hydrogens (tertiary/aromatic N) is 2. The van der Waals surface area contributed by atoms with E-state index < -0.39 is 6.10 Å². The molecule has 2 aromatic heterocycles. The molecule has 1 unspecified atom stereocenters. The van der Waals surface area contributed by atoms with Crippen LogP contribution in [-0.4, -0.2) is 15.1 Å². The Balaban J connectivity index is 2.01. The number of aliphatic hydroxyl groups is 1. The van der Waals surface area contributed by atoms with Gasteiger partial charge < -0.3 is 5.11 Å². The Kier molecular flexibility index (Phi) is 3.15. The predicted octanol–water partition coefficient (Wildman–Crippen LogP) is 3.36. The smallest absolute Gasteiger partial charge is 0.129 e. The number of hydrogen-bond acceptors (Lipinski definition) is 3. The van der Waals surface area contributed by atoms with Gasteiger partial charge in [-0.3, -0.25) is 4.98 Å². The summed E-state index contributed by atoms with van der Waals surface area (Å²) in [5.74, 6) is 0. The third kappa shape index (κ3) is 2.43. The third-order valence-electron chi connectivity index (χ3n) is 3.01. The number of benzene rings is 1. The van der Waals surface area contributed by atoms with Gasteiger partial charge in [0.25, 0.3) is 0 Å². The third-order valence-corrected chi connectivity index (χ3v) is 3.23. The number of pyridine rings is 2. The fourth-order valence-corrected chi connectivity index (χ4v) is 2.12. The highest BCUT2D eigenvalue weighted by Crippen LogP contribution is 2.24. The molecule has 2 heterocycles. The fourth-order valence-electron chi connectivity index (χ4n) is 2.01. The second-order valence-corrected chi connectivity index (χ2v) is 4.66. The molecule has 0 spiro atoms. The van der Waals surface area contributed by atoms with Gasteiger partial charge in [0.15, 0.2) is 0 Å². The molecule has 0 saturated carbocycles. The molecule has 0 aliphatic rings. The van der Waals surface area contributed by atoms with E-state index in [1.165, 1.54) is 0 Å². The van der Waals surface area contributed by atoms with E-state index in [9.17, 15) is 5.11 Å². The molecule has 3 rings (SSSR count). The number of hydrogen-bond donors (Lipinski definition) is 1. The van der Waals surface area contributed by atoms with E-state index in [0.29, 0.717) is 10.7 Å². The Hall–Kier alpha value is -1.97. The molecule has 19 heavy (non-hydrogen) atoms. The van der Waals surface area contributed by atoms with E-state index in [0.717, 1.165) is 16.5 Å². The minimum atomic E-state index is -0.714. The van der Waals surface area contributed by atoms with Crippen molar-refractivity contribution in [2.75, 3.05) is 0 Å². The van der Waals surface area contributed by atoms with Crippen LogP contribution in [0.3, 0.4) is 0 Å². The molecule has 4 heteroatoms. The van der Waals surface area contributed by atoms with Gasteiger partial charge in [-0.05, 0) is 29.8 Å². The molecule has 1 atom stereocenters. The van der Waals surface area contributed by atoms with Crippen molar-refractivity contribution in [3.63, 3.8) is 0 Å². The second kappa shape index (κ2) is 4.96. The first-order valence-electron chi connectivity index (χ1n) is 5.88.